The Labute approximate surface area is 136 Å². The van der Waals surface area contributed by atoms with Crippen LogP contribution in [0.15, 0.2) is 12.7 Å². The van der Waals surface area contributed by atoms with Crippen LogP contribution in [0.1, 0.15) is 47.0 Å². The number of ether oxygens (including phenoxy) is 1. The van der Waals surface area contributed by atoms with Gasteiger partial charge in [0.05, 0.1) is 4.75 Å². The van der Waals surface area contributed by atoms with Gasteiger partial charge in [-0.2, -0.15) is 0 Å². The van der Waals surface area contributed by atoms with E-state index in [1.54, 1.807) is 27.7 Å². The summed E-state index contributed by atoms with van der Waals surface area (Å²) in [6.45, 7) is 10.3. The Morgan fingerprint density at radius 2 is 1.87 bits per heavy atom. The van der Waals surface area contributed by atoms with Crippen molar-refractivity contribution < 1.29 is 22.7 Å². The molecule has 2 fully saturated rings. The fraction of sp³-hybridized carbons (Fsp3) is 0.733. The second kappa shape index (κ2) is 5.22. The topological polar surface area (TPSA) is 102 Å². The average molecular weight is 344 g/mol. The Morgan fingerprint density at radius 3 is 2.26 bits per heavy atom. The van der Waals surface area contributed by atoms with E-state index in [0.717, 1.165) is 0 Å². The van der Waals surface area contributed by atoms with Gasteiger partial charge in [0, 0.05) is 5.92 Å². The number of alkyl carbamates (subject to hydrolysis) is 1. The Morgan fingerprint density at radius 1 is 1.30 bits per heavy atom. The summed E-state index contributed by atoms with van der Waals surface area (Å²) in [5.74, 6) is -1.06. The minimum Gasteiger partial charge on any atom is -0.444 e. The van der Waals surface area contributed by atoms with E-state index in [4.69, 9.17) is 4.74 Å². The van der Waals surface area contributed by atoms with Crippen molar-refractivity contribution in [3.63, 3.8) is 0 Å². The van der Waals surface area contributed by atoms with Crippen LogP contribution >= 0.6 is 0 Å². The van der Waals surface area contributed by atoms with Crippen LogP contribution in [0.25, 0.3) is 0 Å². The minimum atomic E-state index is -3.76. The lowest BCUT2D eigenvalue weighted by Gasteiger charge is -2.24. The van der Waals surface area contributed by atoms with Crippen LogP contribution < -0.4 is 10.0 Å². The highest BCUT2D eigenvalue weighted by Crippen LogP contribution is 2.46. The van der Waals surface area contributed by atoms with Crippen LogP contribution in [0, 0.1) is 5.92 Å². The summed E-state index contributed by atoms with van der Waals surface area (Å²) in [7, 11) is -3.76. The molecule has 23 heavy (non-hydrogen) atoms. The molecule has 0 saturated heterocycles. The second-order valence-corrected chi connectivity index (χ2v) is 9.73. The molecule has 2 aliphatic carbocycles. The van der Waals surface area contributed by atoms with E-state index in [1.165, 1.54) is 6.08 Å². The number of hydrogen-bond acceptors (Lipinski definition) is 5. The predicted octanol–water partition coefficient (Wildman–Crippen LogP) is 1.45. The van der Waals surface area contributed by atoms with Crippen LogP contribution in [0.2, 0.25) is 0 Å². The SMILES string of the molecule is C=CC1C[C@]1(NC(=O)OC(C)(C)C)C(=O)NS(=O)(=O)C1(C)CC1. The van der Waals surface area contributed by atoms with Crippen molar-refractivity contribution in [2.24, 2.45) is 5.92 Å². The third kappa shape index (κ3) is 3.52. The quantitative estimate of drug-likeness (QED) is 0.735. The maximum absolute atomic E-state index is 12.5. The minimum absolute atomic E-state index is 0.299. The molecule has 0 heterocycles. The normalized spacial score (nSPS) is 28.4. The number of nitrogens with one attached hydrogen (secondary N) is 2. The molecule has 0 bridgehead atoms. The molecule has 0 aromatic heterocycles. The van der Waals surface area contributed by atoms with Crippen molar-refractivity contribution in [2.45, 2.75) is 62.8 Å². The molecule has 2 saturated carbocycles. The van der Waals surface area contributed by atoms with Crippen molar-refractivity contribution in [2.75, 3.05) is 0 Å². The van der Waals surface area contributed by atoms with E-state index in [1.807, 2.05) is 0 Å². The van der Waals surface area contributed by atoms with Crippen LogP contribution in [0.4, 0.5) is 4.79 Å². The maximum atomic E-state index is 12.5. The first-order valence-electron chi connectivity index (χ1n) is 7.56. The maximum Gasteiger partial charge on any atom is 0.408 e. The van der Waals surface area contributed by atoms with E-state index in [-0.39, 0.29) is 5.92 Å². The Kier molecular flexibility index (Phi) is 4.04. The van der Waals surface area contributed by atoms with Gasteiger partial charge in [0.2, 0.25) is 10.0 Å². The van der Waals surface area contributed by atoms with E-state index >= 15 is 0 Å². The summed E-state index contributed by atoms with van der Waals surface area (Å²) >= 11 is 0. The fourth-order valence-corrected chi connectivity index (χ4v) is 3.61. The molecular weight excluding hydrogens is 320 g/mol. The molecule has 0 aromatic carbocycles. The summed E-state index contributed by atoms with van der Waals surface area (Å²) < 4.78 is 30.8. The zero-order valence-corrected chi connectivity index (χ0v) is 14.7. The zero-order chi connectivity index (χ0) is 17.7. The van der Waals surface area contributed by atoms with Gasteiger partial charge in [-0.25, -0.2) is 13.2 Å². The van der Waals surface area contributed by atoms with Gasteiger partial charge in [0.25, 0.3) is 5.91 Å². The monoisotopic (exact) mass is 344 g/mol. The van der Waals surface area contributed by atoms with Crippen LogP contribution in [-0.4, -0.2) is 36.3 Å². The highest BCUT2D eigenvalue weighted by atomic mass is 32.2. The molecule has 2 N–H and O–H groups in total. The second-order valence-electron chi connectivity index (χ2n) is 7.53. The number of amides is 2. The van der Waals surface area contributed by atoms with Crippen LogP contribution in [-0.2, 0) is 19.6 Å². The Bertz CT molecular complexity index is 645. The largest absolute Gasteiger partial charge is 0.444 e. The fourth-order valence-electron chi connectivity index (χ4n) is 2.30. The van der Waals surface area contributed by atoms with Crippen LogP contribution in [0.3, 0.4) is 0 Å². The Balaban J connectivity index is 2.11. The highest BCUT2D eigenvalue weighted by Gasteiger charge is 2.62. The zero-order valence-electron chi connectivity index (χ0n) is 13.9. The van der Waals surface area contributed by atoms with E-state index < -0.39 is 37.9 Å². The summed E-state index contributed by atoms with van der Waals surface area (Å²) in [5, 5.41) is 2.51. The van der Waals surface area contributed by atoms with Crippen molar-refractivity contribution in [1.29, 1.82) is 0 Å². The highest BCUT2D eigenvalue weighted by molar-refractivity contribution is 7.91. The summed E-state index contributed by atoms with van der Waals surface area (Å²) in [4.78, 5) is 24.4. The molecule has 0 spiro atoms. The molecule has 8 heteroatoms. The number of rotatable bonds is 5. The molecule has 2 amide bonds. The van der Waals surface area contributed by atoms with E-state index in [0.29, 0.717) is 19.3 Å². The molecule has 2 atom stereocenters. The first kappa shape index (κ1) is 17.8. The van der Waals surface area contributed by atoms with Gasteiger partial charge in [-0.05, 0) is 47.0 Å². The molecular formula is C15H24N2O5S. The smallest absolute Gasteiger partial charge is 0.408 e. The molecule has 2 aliphatic rings. The first-order chi connectivity index (χ1) is 10.4. The summed E-state index contributed by atoms with van der Waals surface area (Å²) in [6.07, 6.45) is 2.11. The van der Waals surface area contributed by atoms with Crippen molar-refractivity contribution >= 4 is 22.0 Å². The molecule has 0 radical (unpaired) electrons. The summed E-state index contributed by atoms with van der Waals surface area (Å²) in [6, 6.07) is 0. The lowest BCUT2D eigenvalue weighted by molar-refractivity contribution is -0.122. The standard InChI is InChI=1S/C15H24N2O5S/c1-6-10-9-15(10,16-12(19)22-13(2,3)4)11(18)17-23(20,21)14(5)7-8-14/h6,10H,1,7-9H2,2-5H3,(H,16,19)(H,17,18)/t10?,15-/m1/s1. The van der Waals surface area contributed by atoms with Crippen LogP contribution in [0.5, 0.6) is 0 Å². The van der Waals surface area contributed by atoms with Gasteiger partial charge in [0.1, 0.15) is 11.1 Å². The van der Waals surface area contributed by atoms with Gasteiger partial charge in [0.15, 0.2) is 0 Å². The lowest BCUT2D eigenvalue weighted by atomic mass is 10.2. The first-order valence-corrected chi connectivity index (χ1v) is 9.04. The van der Waals surface area contributed by atoms with Crippen molar-refractivity contribution in [3.8, 4) is 0 Å². The van der Waals surface area contributed by atoms with Gasteiger partial charge in [-0.3, -0.25) is 9.52 Å². The molecule has 1 unspecified atom stereocenters. The Hall–Kier alpha value is -1.57. The molecule has 2 rings (SSSR count). The van der Waals surface area contributed by atoms with E-state index in [2.05, 4.69) is 16.6 Å². The average Bonchev–Trinajstić information content (AvgIpc) is 3.24. The molecule has 130 valence electrons. The van der Waals surface area contributed by atoms with Gasteiger partial charge >= 0.3 is 6.09 Å². The van der Waals surface area contributed by atoms with Crippen molar-refractivity contribution in [3.05, 3.63) is 12.7 Å². The third-order valence-electron chi connectivity index (χ3n) is 4.26. The van der Waals surface area contributed by atoms with Crippen molar-refractivity contribution in [1.82, 2.24) is 10.0 Å². The third-order valence-corrected chi connectivity index (χ3v) is 6.42. The predicted molar refractivity (Wildman–Crippen MR) is 85.1 cm³/mol. The molecule has 7 nitrogen and oxygen atoms in total. The van der Waals surface area contributed by atoms with E-state index in [9.17, 15) is 18.0 Å². The number of carbonyl (C=O) groups is 2. The van der Waals surface area contributed by atoms with Gasteiger partial charge < -0.3 is 10.1 Å². The number of sulfonamides is 1. The molecule has 0 aromatic rings. The number of hydrogen-bond donors (Lipinski definition) is 2. The summed E-state index contributed by atoms with van der Waals surface area (Å²) in [5.41, 5.74) is -2.02. The van der Waals surface area contributed by atoms with Gasteiger partial charge in [-0.15, -0.1) is 6.58 Å². The number of carbonyl (C=O) groups excluding carboxylic acids is 2. The lowest BCUT2D eigenvalue weighted by Crippen LogP contribution is -2.54. The molecule has 0 aliphatic heterocycles. The van der Waals surface area contributed by atoms with Gasteiger partial charge in [-0.1, -0.05) is 6.08 Å².